The molecule has 2 aromatic carbocycles. The van der Waals surface area contributed by atoms with Crippen LogP contribution in [0.2, 0.25) is 0 Å². The lowest BCUT2D eigenvalue weighted by molar-refractivity contribution is -0.137. The number of hydrogen-bond acceptors (Lipinski definition) is 4. The van der Waals surface area contributed by atoms with Crippen LogP contribution in [-0.4, -0.2) is 23.4 Å². The first-order valence-corrected chi connectivity index (χ1v) is 8.20. The molecular weight excluding hydrogens is 371 g/mol. The first kappa shape index (κ1) is 19.6. The predicted octanol–water partition coefficient (Wildman–Crippen LogP) is 4.88. The number of rotatable bonds is 5. The van der Waals surface area contributed by atoms with Gasteiger partial charge in [-0.3, -0.25) is 4.79 Å². The average Bonchev–Trinajstić information content (AvgIpc) is 2.59. The van der Waals surface area contributed by atoms with E-state index in [1.54, 1.807) is 0 Å². The highest BCUT2D eigenvalue weighted by molar-refractivity contribution is 8.13. The molecule has 2 aromatic rings. The zero-order valence-corrected chi connectivity index (χ0v) is 14.3. The molecule has 2 rings (SSSR count). The van der Waals surface area contributed by atoms with Crippen LogP contribution in [0.4, 0.5) is 23.7 Å². The van der Waals surface area contributed by atoms with Gasteiger partial charge in [-0.25, -0.2) is 4.79 Å². The summed E-state index contributed by atoms with van der Waals surface area (Å²) in [6, 6.07) is 8.59. The third-order valence-electron chi connectivity index (χ3n) is 3.35. The molecule has 0 unspecified atom stereocenters. The Morgan fingerprint density at radius 3 is 2.35 bits per heavy atom. The van der Waals surface area contributed by atoms with E-state index in [0.717, 1.165) is 23.9 Å². The monoisotopic (exact) mass is 385 g/mol. The van der Waals surface area contributed by atoms with Crippen LogP contribution in [0.5, 0.6) is 5.75 Å². The zero-order valence-electron chi connectivity index (χ0n) is 13.5. The molecule has 0 heterocycles. The van der Waals surface area contributed by atoms with Gasteiger partial charge in [0.05, 0.1) is 23.9 Å². The van der Waals surface area contributed by atoms with Crippen molar-refractivity contribution in [2.75, 3.05) is 12.4 Å². The quantitative estimate of drug-likeness (QED) is 0.767. The van der Waals surface area contributed by atoms with Gasteiger partial charge in [0.1, 0.15) is 5.75 Å². The number of nitrogens with one attached hydrogen (secondary N) is 1. The summed E-state index contributed by atoms with van der Waals surface area (Å²) >= 11 is 0.807. The summed E-state index contributed by atoms with van der Waals surface area (Å²) < 4.78 is 42.5. The topological polar surface area (TPSA) is 75.6 Å². The summed E-state index contributed by atoms with van der Waals surface area (Å²) in [6.45, 7) is 0. The van der Waals surface area contributed by atoms with E-state index in [1.165, 1.54) is 37.4 Å². The van der Waals surface area contributed by atoms with Gasteiger partial charge in [-0.15, -0.1) is 0 Å². The van der Waals surface area contributed by atoms with E-state index < -0.39 is 22.9 Å². The number of carbonyl (C=O) groups is 2. The number of hydrogen-bond donors (Lipinski definition) is 2. The van der Waals surface area contributed by atoms with Crippen LogP contribution in [0.1, 0.15) is 21.5 Å². The highest BCUT2D eigenvalue weighted by Crippen LogP contribution is 2.30. The molecule has 0 spiro atoms. The molecule has 0 fully saturated rings. The second-order valence-electron chi connectivity index (χ2n) is 5.11. The molecule has 0 aliphatic heterocycles. The lowest BCUT2D eigenvalue weighted by Crippen LogP contribution is -2.10. The van der Waals surface area contributed by atoms with E-state index >= 15 is 0 Å². The van der Waals surface area contributed by atoms with Crippen LogP contribution >= 0.6 is 11.8 Å². The number of amides is 1. The van der Waals surface area contributed by atoms with Gasteiger partial charge in [0, 0.05) is 11.8 Å². The highest BCUT2D eigenvalue weighted by Gasteiger charge is 2.29. The molecule has 0 aromatic heterocycles. The summed E-state index contributed by atoms with van der Waals surface area (Å²) in [6.07, 6.45) is -4.41. The second kappa shape index (κ2) is 8.13. The Morgan fingerprint density at radius 1 is 1.15 bits per heavy atom. The molecule has 0 bridgehead atoms. The fourth-order valence-corrected chi connectivity index (χ4v) is 2.70. The van der Waals surface area contributed by atoms with E-state index in [0.29, 0.717) is 11.3 Å². The maximum atomic E-state index is 12.5. The molecular formula is C17H14F3NO4S. The summed E-state index contributed by atoms with van der Waals surface area (Å²) in [5, 5.41) is 11.1. The number of anilines is 1. The smallest absolute Gasteiger partial charge is 0.416 e. The number of halogens is 3. The maximum Gasteiger partial charge on any atom is 0.416 e. The van der Waals surface area contributed by atoms with Gasteiger partial charge >= 0.3 is 12.1 Å². The van der Waals surface area contributed by atoms with Crippen molar-refractivity contribution in [3.05, 3.63) is 59.2 Å². The molecule has 0 radical (unpaired) electrons. The van der Waals surface area contributed by atoms with Crippen LogP contribution in [0, 0.1) is 0 Å². The number of alkyl halides is 3. The van der Waals surface area contributed by atoms with Gasteiger partial charge in [0.25, 0.3) is 5.24 Å². The summed E-state index contributed by atoms with van der Waals surface area (Å²) in [5.74, 6) is -0.704. The van der Waals surface area contributed by atoms with E-state index in [1.807, 2.05) is 0 Å². The molecule has 9 heteroatoms. The Bertz CT molecular complexity index is 807. The van der Waals surface area contributed by atoms with Crippen molar-refractivity contribution in [2.45, 2.75) is 11.9 Å². The zero-order chi connectivity index (χ0) is 19.3. The van der Waals surface area contributed by atoms with Crippen molar-refractivity contribution >= 4 is 28.7 Å². The first-order valence-electron chi connectivity index (χ1n) is 7.22. The number of carboxylic acid groups (broad SMARTS) is 1. The summed E-state index contributed by atoms with van der Waals surface area (Å²) in [7, 11) is 1.40. The van der Waals surface area contributed by atoms with Crippen molar-refractivity contribution in [2.24, 2.45) is 0 Å². The summed E-state index contributed by atoms with van der Waals surface area (Å²) in [4.78, 5) is 23.2. The minimum atomic E-state index is -4.41. The number of methoxy groups -OCH3 is 1. The van der Waals surface area contributed by atoms with Crippen LogP contribution in [0.25, 0.3) is 0 Å². The first-order chi connectivity index (χ1) is 12.2. The lowest BCUT2D eigenvalue weighted by Gasteiger charge is -2.10. The third kappa shape index (κ3) is 5.16. The van der Waals surface area contributed by atoms with Gasteiger partial charge in [0.2, 0.25) is 0 Å². The Kier molecular flexibility index (Phi) is 6.14. The molecule has 0 aliphatic rings. The van der Waals surface area contributed by atoms with E-state index in [9.17, 15) is 22.8 Å². The fourth-order valence-electron chi connectivity index (χ4n) is 2.03. The Labute approximate surface area is 151 Å². The van der Waals surface area contributed by atoms with Crippen LogP contribution in [0.15, 0.2) is 42.5 Å². The largest absolute Gasteiger partial charge is 0.497 e. The van der Waals surface area contributed by atoms with Crippen molar-refractivity contribution in [1.82, 2.24) is 0 Å². The van der Waals surface area contributed by atoms with Crippen LogP contribution in [0.3, 0.4) is 0 Å². The number of aromatic carboxylic acids is 1. The van der Waals surface area contributed by atoms with Gasteiger partial charge in [-0.2, -0.15) is 13.2 Å². The normalized spacial score (nSPS) is 11.1. The average molecular weight is 385 g/mol. The Balaban J connectivity index is 2.02. The fraction of sp³-hybridized carbons (Fsp3) is 0.176. The second-order valence-corrected chi connectivity index (χ2v) is 6.06. The molecule has 0 saturated carbocycles. The van der Waals surface area contributed by atoms with Crippen LogP contribution < -0.4 is 10.1 Å². The molecule has 1 amide bonds. The predicted molar refractivity (Wildman–Crippen MR) is 91.7 cm³/mol. The molecule has 138 valence electrons. The van der Waals surface area contributed by atoms with Crippen molar-refractivity contribution in [3.63, 3.8) is 0 Å². The van der Waals surface area contributed by atoms with Crippen molar-refractivity contribution in [1.29, 1.82) is 0 Å². The van der Waals surface area contributed by atoms with Crippen molar-refractivity contribution in [3.8, 4) is 5.75 Å². The Hall–Kier alpha value is -2.68. The molecule has 5 nitrogen and oxygen atoms in total. The van der Waals surface area contributed by atoms with Crippen molar-refractivity contribution < 1.29 is 32.6 Å². The number of ether oxygens (including phenoxy) is 1. The molecule has 0 saturated heterocycles. The number of thioether (sulfide) groups is 1. The van der Waals surface area contributed by atoms with E-state index in [4.69, 9.17) is 9.84 Å². The molecule has 2 N–H and O–H groups in total. The van der Waals surface area contributed by atoms with Gasteiger partial charge in [-0.05, 0) is 29.8 Å². The van der Waals surface area contributed by atoms with Gasteiger partial charge < -0.3 is 15.2 Å². The molecule has 0 aliphatic carbocycles. The van der Waals surface area contributed by atoms with Gasteiger partial charge in [-0.1, -0.05) is 23.9 Å². The standard InChI is InChI=1S/C17H14F3NO4S/c1-25-12-6-7-13(15(22)23)14(8-12)21-16(24)26-9-10-2-4-11(5-3-10)17(18,19)20/h2-8H,9H2,1H3,(H,21,24)(H,22,23). The number of carbonyl (C=O) groups excluding carboxylic acids is 1. The van der Waals surface area contributed by atoms with E-state index in [-0.39, 0.29) is 17.0 Å². The molecule has 26 heavy (non-hydrogen) atoms. The number of carboxylic acids is 1. The Morgan fingerprint density at radius 2 is 1.81 bits per heavy atom. The van der Waals surface area contributed by atoms with Crippen LogP contribution in [-0.2, 0) is 11.9 Å². The number of benzene rings is 2. The summed E-state index contributed by atoms with van der Waals surface area (Å²) in [5.41, 5.74) is -0.267. The third-order valence-corrected chi connectivity index (χ3v) is 4.19. The maximum absolute atomic E-state index is 12.5. The minimum absolute atomic E-state index is 0.0711. The highest BCUT2D eigenvalue weighted by atomic mass is 32.2. The minimum Gasteiger partial charge on any atom is -0.497 e. The SMILES string of the molecule is COc1ccc(C(=O)O)c(NC(=O)SCc2ccc(C(F)(F)F)cc2)c1. The molecule has 0 atom stereocenters. The van der Waals surface area contributed by atoms with Gasteiger partial charge in [0.15, 0.2) is 0 Å². The van der Waals surface area contributed by atoms with E-state index in [2.05, 4.69) is 5.32 Å². The lowest BCUT2D eigenvalue weighted by atomic mass is 10.1.